The first-order chi connectivity index (χ1) is 19.5. The van der Waals surface area contributed by atoms with E-state index in [1.807, 2.05) is 18.2 Å². The molecule has 5 heterocycles. The van der Waals surface area contributed by atoms with Crippen LogP contribution in [0.5, 0.6) is 0 Å². The average molecular weight is 540 g/mol. The monoisotopic (exact) mass is 539 g/mol. The van der Waals surface area contributed by atoms with Crippen molar-refractivity contribution in [1.82, 2.24) is 30.6 Å². The van der Waals surface area contributed by atoms with Gasteiger partial charge in [-0.25, -0.2) is 14.2 Å². The van der Waals surface area contributed by atoms with Crippen molar-refractivity contribution in [2.45, 2.75) is 25.4 Å². The number of amides is 2. The molecule has 1 atom stereocenters. The quantitative estimate of drug-likeness (QED) is 0.250. The number of H-pyrrole nitrogens is 1. The molecule has 1 fully saturated rings. The van der Waals surface area contributed by atoms with Crippen LogP contribution in [0, 0.1) is 5.82 Å². The Kier molecular flexibility index (Phi) is 6.69. The smallest absolute Gasteiger partial charge is 0.404 e. The number of carbonyl (C=O) groups excluding carboxylic acids is 1. The molecule has 0 spiro atoms. The molecular formula is C29H26FN7O3. The number of pyridine rings is 3. The summed E-state index contributed by atoms with van der Waals surface area (Å²) >= 11 is 0. The standard InChI is InChI=1S/C29H26FN7O3/c30-24-11-18(9-22-25(5-7-32-26(22)24)37-8-2-4-20(16-37)36-29(39)40)23-15-34-27-21(23)10-19(14-33-27)28(38)35-13-17-3-1-6-31-12-17/h1,3,5-7,9-12,14-15,20,36H,2,4,8,13,16H2,(H,33,34)(H,35,38)(H,39,40)/t20-/m1/s1. The van der Waals surface area contributed by atoms with Gasteiger partial charge in [-0.2, -0.15) is 0 Å². The van der Waals surface area contributed by atoms with E-state index in [0.29, 0.717) is 46.2 Å². The van der Waals surface area contributed by atoms with Gasteiger partial charge < -0.3 is 25.6 Å². The molecule has 1 aliphatic rings. The Morgan fingerprint density at radius 1 is 1.12 bits per heavy atom. The first-order valence-electron chi connectivity index (χ1n) is 12.9. The average Bonchev–Trinajstić information content (AvgIpc) is 3.39. The first kappa shape index (κ1) is 25.2. The summed E-state index contributed by atoms with van der Waals surface area (Å²) in [7, 11) is 0. The molecule has 10 nitrogen and oxygen atoms in total. The van der Waals surface area contributed by atoms with Crippen molar-refractivity contribution in [3.8, 4) is 11.1 Å². The Labute approximate surface area is 228 Å². The summed E-state index contributed by atoms with van der Waals surface area (Å²) in [4.78, 5) is 42.0. The fourth-order valence-corrected chi connectivity index (χ4v) is 5.27. The normalized spacial score (nSPS) is 15.3. The van der Waals surface area contributed by atoms with Crippen molar-refractivity contribution in [2.24, 2.45) is 0 Å². The fourth-order valence-electron chi connectivity index (χ4n) is 5.27. The van der Waals surface area contributed by atoms with Crippen LogP contribution in [0.3, 0.4) is 0 Å². The number of nitrogens with zero attached hydrogens (tertiary/aromatic N) is 4. The zero-order chi connectivity index (χ0) is 27.6. The summed E-state index contributed by atoms with van der Waals surface area (Å²) in [5.41, 5.74) is 4.16. The second kappa shape index (κ2) is 10.6. The second-order valence-corrected chi connectivity index (χ2v) is 9.79. The third kappa shape index (κ3) is 5.00. The third-order valence-corrected chi connectivity index (χ3v) is 7.15. The van der Waals surface area contributed by atoms with E-state index in [1.165, 1.54) is 12.3 Å². The molecule has 0 saturated carbocycles. The molecule has 5 aromatic rings. The number of aromatic nitrogens is 4. The van der Waals surface area contributed by atoms with E-state index in [1.54, 1.807) is 36.9 Å². The summed E-state index contributed by atoms with van der Waals surface area (Å²) < 4.78 is 15.4. The van der Waals surface area contributed by atoms with E-state index in [9.17, 15) is 14.7 Å². The van der Waals surface area contributed by atoms with Gasteiger partial charge in [0.2, 0.25) is 0 Å². The maximum absolute atomic E-state index is 15.4. The predicted octanol–water partition coefficient (Wildman–Crippen LogP) is 4.48. The van der Waals surface area contributed by atoms with Crippen LogP contribution in [0.4, 0.5) is 14.9 Å². The van der Waals surface area contributed by atoms with E-state index >= 15 is 4.39 Å². The van der Waals surface area contributed by atoms with E-state index in [0.717, 1.165) is 30.6 Å². The Bertz CT molecular complexity index is 1720. The number of fused-ring (bicyclic) bond motifs is 2. The lowest BCUT2D eigenvalue weighted by molar-refractivity contribution is 0.0950. The number of piperidine rings is 1. The minimum atomic E-state index is -1.06. The Hall–Kier alpha value is -5.06. The van der Waals surface area contributed by atoms with Crippen LogP contribution in [-0.2, 0) is 6.54 Å². The lowest BCUT2D eigenvalue weighted by Gasteiger charge is -2.34. The molecule has 0 bridgehead atoms. The van der Waals surface area contributed by atoms with Gasteiger partial charge in [-0.05, 0) is 54.3 Å². The highest BCUT2D eigenvalue weighted by atomic mass is 19.1. The van der Waals surface area contributed by atoms with Crippen LogP contribution in [0.15, 0.2) is 67.4 Å². The molecule has 2 amide bonds. The number of aromatic amines is 1. The molecule has 1 aliphatic heterocycles. The van der Waals surface area contributed by atoms with Gasteiger partial charge in [0.25, 0.3) is 5.91 Å². The molecule has 11 heteroatoms. The van der Waals surface area contributed by atoms with Crippen molar-refractivity contribution in [3.63, 3.8) is 0 Å². The second-order valence-electron chi connectivity index (χ2n) is 9.79. The number of nitrogens with one attached hydrogen (secondary N) is 3. The summed E-state index contributed by atoms with van der Waals surface area (Å²) in [5.74, 6) is -0.754. The summed E-state index contributed by atoms with van der Waals surface area (Å²) in [6.07, 6.45) is 8.67. The predicted molar refractivity (Wildman–Crippen MR) is 149 cm³/mol. The SMILES string of the molecule is O=C(O)N[C@@H]1CCCN(c2ccnc3c(F)cc(-c4c[nH]c5ncc(C(=O)NCc6cccnc6)cc45)cc23)C1. The molecule has 4 N–H and O–H groups in total. The number of hydrogen-bond donors (Lipinski definition) is 4. The van der Waals surface area contributed by atoms with Crippen molar-refractivity contribution in [1.29, 1.82) is 0 Å². The van der Waals surface area contributed by atoms with Gasteiger partial charge in [-0.15, -0.1) is 0 Å². The lowest BCUT2D eigenvalue weighted by Crippen LogP contribution is -2.47. The van der Waals surface area contributed by atoms with Gasteiger partial charge in [0.15, 0.2) is 0 Å². The van der Waals surface area contributed by atoms with E-state index in [2.05, 4.69) is 35.5 Å². The van der Waals surface area contributed by atoms with Crippen LogP contribution in [0.2, 0.25) is 0 Å². The molecule has 1 saturated heterocycles. The number of halogens is 1. The molecular weight excluding hydrogens is 513 g/mol. The van der Waals surface area contributed by atoms with Gasteiger partial charge in [0.1, 0.15) is 17.0 Å². The lowest BCUT2D eigenvalue weighted by atomic mass is 10.00. The van der Waals surface area contributed by atoms with Crippen LogP contribution in [-0.4, -0.2) is 56.2 Å². The van der Waals surface area contributed by atoms with Gasteiger partial charge in [-0.3, -0.25) is 14.8 Å². The van der Waals surface area contributed by atoms with E-state index in [-0.39, 0.29) is 17.5 Å². The molecule has 0 aliphatic carbocycles. The van der Waals surface area contributed by atoms with Crippen molar-refractivity contribution in [3.05, 3.63) is 84.3 Å². The van der Waals surface area contributed by atoms with Crippen LogP contribution < -0.4 is 15.5 Å². The Balaban J connectivity index is 1.34. The first-order valence-corrected chi connectivity index (χ1v) is 12.9. The zero-order valence-corrected chi connectivity index (χ0v) is 21.4. The maximum Gasteiger partial charge on any atom is 0.404 e. The topological polar surface area (TPSA) is 136 Å². The van der Waals surface area contributed by atoms with Crippen molar-refractivity contribution < 1.29 is 19.1 Å². The van der Waals surface area contributed by atoms with Gasteiger partial charge in [0.05, 0.1) is 5.56 Å². The molecule has 0 unspecified atom stereocenters. The molecule has 40 heavy (non-hydrogen) atoms. The van der Waals surface area contributed by atoms with Crippen LogP contribution in [0.25, 0.3) is 33.1 Å². The Morgan fingerprint density at radius 3 is 2.85 bits per heavy atom. The van der Waals surface area contributed by atoms with Gasteiger partial charge in [0, 0.05) is 78.7 Å². The maximum atomic E-state index is 15.4. The summed E-state index contributed by atoms with van der Waals surface area (Å²) in [6, 6.07) is 10.4. The number of anilines is 1. The van der Waals surface area contributed by atoms with Crippen LogP contribution >= 0.6 is 0 Å². The highest BCUT2D eigenvalue weighted by Crippen LogP contribution is 2.35. The molecule has 4 aromatic heterocycles. The van der Waals surface area contributed by atoms with E-state index in [4.69, 9.17) is 0 Å². The number of hydrogen-bond acceptors (Lipinski definition) is 6. The highest BCUT2D eigenvalue weighted by molar-refractivity contribution is 6.03. The van der Waals surface area contributed by atoms with E-state index < -0.39 is 11.9 Å². The molecule has 0 radical (unpaired) electrons. The third-order valence-electron chi connectivity index (χ3n) is 7.15. The van der Waals surface area contributed by atoms with Gasteiger partial charge in [-0.1, -0.05) is 6.07 Å². The molecule has 1 aromatic carbocycles. The number of benzene rings is 1. The number of carbonyl (C=O) groups is 2. The van der Waals surface area contributed by atoms with Crippen molar-refractivity contribution >= 4 is 39.6 Å². The molecule has 6 rings (SSSR count). The molecule has 202 valence electrons. The summed E-state index contributed by atoms with van der Waals surface area (Å²) in [6.45, 7) is 1.53. The largest absolute Gasteiger partial charge is 0.465 e. The highest BCUT2D eigenvalue weighted by Gasteiger charge is 2.24. The fraction of sp³-hybridized carbons (Fsp3) is 0.207. The Morgan fingerprint density at radius 2 is 2.02 bits per heavy atom. The number of rotatable bonds is 6. The number of carboxylic acid groups (broad SMARTS) is 1. The van der Waals surface area contributed by atoms with Gasteiger partial charge >= 0.3 is 6.09 Å². The summed E-state index contributed by atoms with van der Waals surface area (Å²) in [5, 5.41) is 15.9. The minimum absolute atomic E-state index is 0.218. The van der Waals surface area contributed by atoms with Crippen LogP contribution in [0.1, 0.15) is 28.8 Å². The van der Waals surface area contributed by atoms with Crippen molar-refractivity contribution in [2.75, 3.05) is 18.0 Å². The zero-order valence-electron chi connectivity index (χ0n) is 21.4. The minimum Gasteiger partial charge on any atom is -0.465 e.